The molecule has 0 unspecified atom stereocenters. The topological polar surface area (TPSA) is 61.9 Å². The summed E-state index contributed by atoms with van der Waals surface area (Å²) in [6.45, 7) is 4.09. The molecule has 0 aromatic heterocycles. The fourth-order valence-corrected chi connectivity index (χ4v) is 3.20. The maximum absolute atomic E-state index is 12.4. The number of rotatable bonds is 5. The lowest BCUT2D eigenvalue weighted by molar-refractivity contribution is 0.0876. The first-order valence-corrected chi connectivity index (χ1v) is 9.65. The van der Waals surface area contributed by atoms with E-state index in [1.54, 1.807) is 42.5 Å². The summed E-state index contributed by atoms with van der Waals surface area (Å²) < 4.78 is 5.23. The molecule has 1 aliphatic heterocycles. The van der Waals surface area contributed by atoms with Gasteiger partial charge in [0.15, 0.2) is 5.78 Å². The fraction of sp³-hybridized carbons (Fsp3) is 0.300. The van der Waals surface area contributed by atoms with Crippen LogP contribution in [0.5, 0.6) is 5.75 Å². The number of anilines is 1. The van der Waals surface area contributed by atoms with Crippen molar-refractivity contribution in [2.24, 2.45) is 0 Å². The van der Waals surface area contributed by atoms with Gasteiger partial charge in [-0.25, -0.2) is 4.79 Å². The number of hydrogen-bond acceptors (Lipinski definition) is 5. The van der Waals surface area contributed by atoms with Gasteiger partial charge in [-0.1, -0.05) is 29.3 Å². The van der Waals surface area contributed by atoms with Crippen LogP contribution < -0.4 is 10.1 Å². The molecule has 1 N–H and O–H groups in total. The number of ether oxygens (including phenoxy) is 1. The largest absolute Gasteiger partial charge is 0.417 e. The van der Waals surface area contributed by atoms with Crippen LogP contribution in [0.25, 0.3) is 0 Å². The van der Waals surface area contributed by atoms with Crippen molar-refractivity contribution in [3.05, 3.63) is 58.1 Å². The van der Waals surface area contributed by atoms with Crippen molar-refractivity contribution in [2.45, 2.75) is 0 Å². The van der Waals surface area contributed by atoms with E-state index in [0.29, 0.717) is 28.6 Å². The van der Waals surface area contributed by atoms with E-state index in [9.17, 15) is 9.59 Å². The van der Waals surface area contributed by atoms with E-state index < -0.39 is 6.09 Å². The molecule has 1 amide bonds. The summed E-state index contributed by atoms with van der Waals surface area (Å²) in [5.74, 6) is 0.373. The standard InChI is InChI=1S/C20H21Cl2N3O3/c1-24-9-11-25(12-10-24)13-18(26)14-5-7-15(8-6-14)28-20(27)23-17-4-2-3-16(21)19(17)22/h2-8H,9-13H2,1H3,(H,23,27). The second-order valence-electron chi connectivity index (χ2n) is 6.64. The van der Waals surface area contributed by atoms with E-state index >= 15 is 0 Å². The quantitative estimate of drug-likeness (QED) is 0.738. The fourth-order valence-electron chi connectivity index (χ4n) is 2.85. The van der Waals surface area contributed by atoms with Crippen LogP contribution >= 0.6 is 23.2 Å². The van der Waals surface area contributed by atoms with Gasteiger partial charge in [0.1, 0.15) is 5.75 Å². The van der Waals surface area contributed by atoms with Crippen molar-refractivity contribution in [1.82, 2.24) is 9.80 Å². The first-order chi connectivity index (χ1) is 13.4. The maximum Gasteiger partial charge on any atom is 0.417 e. The average molecular weight is 422 g/mol. The molecule has 2 aromatic rings. The van der Waals surface area contributed by atoms with Crippen LogP contribution in [-0.2, 0) is 0 Å². The van der Waals surface area contributed by atoms with Gasteiger partial charge in [0.2, 0.25) is 0 Å². The van der Waals surface area contributed by atoms with Crippen molar-refractivity contribution in [2.75, 3.05) is 45.1 Å². The average Bonchev–Trinajstić information content (AvgIpc) is 2.68. The minimum absolute atomic E-state index is 0.0475. The Morgan fingerprint density at radius 1 is 1.04 bits per heavy atom. The lowest BCUT2D eigenvalue weighted by Gasteiger charge is -2.31. The molecule has 2 aromatic carbocycles. The first-order valence-electron chi connectivity index (χ1n) is 8.89. The van der Waals surface area contributed by atoms with Crippen molar-refractivity contribution in [1.29, 1.82) is 0 Å². The monoisotopic (exact) mass is 421 g/mol. The van der Waals surface area contributed by atoms with Gasteiger partial charge in [0.25, 0.3) is 0 Å². The third-order valence-corrected chi connectivity index (χ3v) is 5.36. The molecule has 148 valence electrons. The third kappa shape index (κ3) is 5.45. The van der Waals surface area contributed by atoms with E-state index in [4.69, 9.17) is 27.9 Å². The van der Waals surface area contributed by atoms with Gasteiger partial charge in [-0.05, 0) is 43.4 Å². The minimum Gasteiger partial charge on any atom is -0.410 e. The van der Waals surface area contributed by atoms with Crippen molar-refractivity contribution in [3.8, 4) is 5.75 Å². The number of halogens is 2. The Hall–Kier alpha value is -2.12. The predicted octanol–water partition coefficient (Wildman–Crippen LogP) is 4.03. The zero-order valence-corrected chi connectivity index (χ0v) is 17.0. The van der Waals surface area contributed by atoms with E-state index in [-0.39, 0.29) is 10.8 Å². The van der Waals surface area contributed by atoms with Gasteiger partial charge in [-0.2, -0.15) is 0 Å². The normalized spacial score (nSPS) is 15.2. The Labute approximate surface area is 174 Å². The second-order valence-corrected chi connectivity index (χ2v) is 7.43. The number of hydrogen-bond donors (Lipinski definition) is 1. The summed E-state index contributed by atoms with van der Waals surface area (Å²) >= 11 is 12.0. The van der Waals surface area contributed by atoms with Crippen LogP contribution in [-0.4, -0.2) is 61.4 Å². The summed E-state index contributed by atoms with van der Waals surface area (Å²) in [6, 6.07) is 11.4. The smallest absolute Gasteiger partial charge is 0.410 e. The van der Waals surface area contributed by atoms with E-state index in [0.717, 1.165) is 26.2 Å². The predicted molar refractivity (Wildman–Crippen MR) is 111 cm³/mol. The number of ketones is 1. The molecule has 0 bridgehead atoms. The molecule has 3 rings (SSSR count). The van der Waals surface area contributed by atoms with E-state index in [2.05, 4.69) is 22.2 Å². The molecule has 28 heavy (non-hydrogen) atoms. The van der Waals surface area contributed by atoms with Gasteiger partial charge in [0.05, 0.1) is 22.3 Å². The number of carbonyl (C=O) groups is 2. The molecule has 0 spiro atoms. The zero-order valence-electron chi connectivity index (χ0n) is 15.5. The molecule has 1 fully saturated rings. The molecule has 0 radical (unpaired) electrons. The van der Waals surface area contributed by atoms with E-state index in [1.807, 2.05) is 0 Å². The lowest BCUT2D eigenvalue weighted by Crippen LogP contribution is -2.46. The highest BCUT2D eigenvalue weighted by molar-refractivity contribution is 6.43. The Morgan fingerprint density at radius 3 is 2.39 bits per heavy atom. The van der Waals surface area contributed by atoms with Gasteiger partial charge in [-0.3, -0.25) is 15.0 Å². The molecule has 1 heterocycles. The molecule has 6 nitrogen and oxygen atoms in total. The van der Waals surface area contributed by atoms with Crippen molar-refractivity contribution in [3.63, 3.8) is 0 Å². The number of nitrogens with one attached hydrogen (secondary N) is 1. The molecular formula is C20H21Cl2N3O3. The summed E-state index contributed by atoms with van der Waals surface area (Å²) in [6.07, 6.45) is -0.694. The number of piperazine rings is 1. The zero-order chi connectivity index (χ0) is 20.1. The molecule has 0 saturated carbocycles. The Balaban J connectivity index is 1.54. The Bertz CT molecular complexity index is 850. The number of likely N-dealkylation sites (N-methyl/N-ethyl adjacent to an activating group) is 1. The number of benzene rings is 2. The first kappa shape index (κ1) is 20.6. The lowest BCUT2D eigenvalue weighted by atomic mass is 10.1. The Kier molecular flexibility index (Phi) is 6.91. The molecule has 8 heteroatoms. The van der Waals surface area contributed by atoms with Gasteiger partial charge in [-0.15, -0.1) is 0 Å². The van der Waals surface area contributed by atoms with Crippen LogP contribution in [0.3, 0.4) is 0 Å². The molecule has 0 aliphatic carbocycles. The van der Waals surface area contributed by atoms with Crippen LogP contribution in [0.15, 0.2) is 42.5 Å². The van der Waals surface area contributed by atoms with Crippen LogP contribution in [0.2, 0.25) is 10.0 Å². The van der Waals surface area contributed by atoms with Crippen molar-refractivity contribution >= 4 is 40.8 Å². The second kappa shape index (κ2) is 9.39. The summed E-state index contributed by atoms with van der Waals surface area (Å²) in [7, 11) is 2.08. The highest BCUT2D eigenvalue weighted by Gasteiger charge is 2.17. The summed E-state index contributed by atoms with van der Waals surface area (Å²) in [5, 5.41) is 3.12. The maximum atomic E-state index is 12.4. The summed E-state index contributed by atoms with van der Waals surface area (Å²) in [5.41, 5.74) is 0.947. The number of nitrogens with zero attached hydrogens (tertiary/aromatic N) is 2. The third-order valence-electron chi connectivity index (χ3n) is 4.54. The highest BCUT2D eigenvalue weighted by Crippen LogP contribution is 2.29. The van der Waals surface area contributed by atoms with Crippen LogP contribution in [0, 0.1) is 0 Å². The number of Topliss-reactive ketones (excluding diaryl/α,β-unsaturated/α-hetero) is 1. The number of carbonyl (C=O) groups excluding carboxylic acids is 2. The van der Waals surface area contributed by atoms with Crippen LogP contribution in [0.4, 0.5) is 10.5 Å². The molecular weight excluding hydrogens is 401 g/mol. The van der Waals surface area contributed by atoms with Gasteiger partial charge >= 0.3 is 6.09 Å². The van der Waals surface area contributed by atoms with Crippen LogP contribution in [0.1, 0.15) is 10.4 Å². The summed E-state index contributed by atoms with van der Waals surface area (Å²) in [4.78, 5) is 28.9. The SMILES string of the molecule is CN1CCN(CC(=O)c2ccc(OC(=O)Nc3cccc(Cl)c3Cl)cc2)CC1. The molecule has 1 aliphatic rings. The number of amides is 1. The van der Waals surface area contributed by atoms with E-state index in [1.165, 1.54) is 0 Å². The highest BCUT2D eigenvalue weighted by atomic mass is 35.5. The van der Waals surface area contributed by atoms with Crippen molar-refractivity contribution < 1.29 is 14.3 Å². The minimum atomic E-state index is -0.694. The Morgan fingerprint density at radius 2 is 1.71 bits per heavy atom. The van der Waals surface area contributed by atoms with Gasteiger partial charge < -0.3 is 9.64 Å². The molecule has 1 saturated heterocycles. The molecule has 0 atom stereocenters. The van der Waals surface area contributed by atoms with Gasteiger partial charge in [0, 0.05) is 31.7 Å².